The molecule has 0 radical (unpaired) electrons. The summed E-state index contributed by atoms with van der Waals surface area (Å²) in [5.41, 5.74) is 7.04. The molecule has 0 aliphatic rings. The molecule has 1 heterocycles. The fourth-order valence-corrected chi connectivity index (χ4v) is 1.57. The van der Waals surface area contributed by atoms with Gasteiger partial charge < -0.3 is 10.5 Å². The summed E-state index contributed by atoms with van der Waals surface area (Å²) in [5, 5.41) is 10.9. The minimum absolute atomic E-state index is 0.0385. The molecule has 1 aromatic carbocycles. The summed E-state index contributed by atoms with van der Waals surface area (Å²) in [5.74, 6) is 0.664. The van der Waals surface area contributed by atoms with E-state index in [1.165, 1.54) is 6.07 Å². The minimum Gasteiger partial charge on any atom is -0.482 e. The molecule has 98 valence electrons. The molecule has 0 spiro atoms. The molecule has 0 bridgehead atoms. The maximum Gasteiger partial charge on any atom is 0.311 e. The van der Waals surface area contributed by atoms with Crippen molar-refractivity contribution in [2.24, 2.45) is 0 Å². The lowest BCUT2D eigenvalue weighted by molar-refractivity contribution is -0.386. The Hall–Kier alpha value is -2.63. The fraction of sp³-hybridized carbons (Fsp3) is 0.154. The zero-order chi connectivity index (χ0) is 13.8. The van der Waals surface area contributed by atoms with Crippen LogP contribution in [0.1, 0.15) is 11.1 Å². The molecule has 0 fully saturated rings. The van der Waals surface area contributed by atoms with Gasteiger partial charge in [-0.25, -0.2) is 4.98 Å². The lowest BCUT2D eigenvalue weighted by Gasteiger charge is -2.07. The van der Waals surface area contributed by atoms with Gasteiger partial charge in [0.15, 0.2) is 5.75 Å². The minimum atomic E-state index is -0.455. The summed E-state index contributed by atoms with van der Waals surface area (Å²) in [7, 11) is 0. The summed E-state index contributed by atoms with van der Waals surface area (Å²) < 4.78 is 5.46. The average molecular weight is 259 g/mol. The molecule has 0 unspecified atom stereocenters. The average Bonchev–Trinajstić information content (AvgIpc) is 2.39. The van der Waals surface area contributed by atoms with E-state index in [0.717, 1.165) is 11.1 Å². The number of aryl methyl sites for hydroxylation is 1. The Bertz CT molecular complexity index is 597. The number of ether oxygens (including phenoxy) is 1. The summed E-state index contributed by atoms with van der Waals surface area (Å²) in [6.45, 7) is 2.00. The van der Waals surface area contributed by atoms with Crippen LogP contribution in [0.4, 0.5) is 11.5 Å². The third kappa shape index (κ3) is 3.19. The Morgan fingerprint density at radius 2 is 2.16 bits per heavy atom. The summed E-state index contributed by atoms with van der Waals surface area (Å²) in [4.78, 5) is 14.4. The Morgan fingerprint density at radius 1 is 1.37 bits per heavy atom. The predicted octanol–water partition coefficient (Wildman–Crippen LogP) is 2.46. The van der Waals surface area contributed by atoms with Gasteiger partial charge in [0, 0.05) is 17.8 Å². The highest BCUT2D eigenvalue weighted by atomic mass is 16.6. The molecule has 2 rings (SSSR count). The van der Waals surface area contributed by atoms with Gasteiger partial charge in [-0.3, -0.25) is 10.1 Å². The van der Waals surface area contributed by atoms with E-state index in [9.17, 15) is 10.1 Å². The first kappa shape index (κ1) is 12.8. The molecule has 6 heteroatoms. The third-order valence-corrected chi connectivity index (χ3v) is 2.55. The highest BCUT2D eigenvalue weighted by molar-refractivity contribution is 5.48. The SMILES string of the molecule is Cc1ccc(OCc2ccc(N)nc2)c([N+](=O)[O-])c1. The zero-order valence-corrected chi connectivity index (χ0v) is 10.4. The maximum atomic E-state index is 10.9. The summed E-state index contributed by atoms with van der Waals surface area (Å²) in [6.07, 6.45) is 1.58. The number of nitro groups is 1. The van der Waals surface area contributed by atoms with Crippen LogP contribution in [0.3, 0.4) is 0 Å². The van der Waals surface area contributed by atoms with Crippen molar-refractivity contribution in [3.63, 3.8) is 0 Å². The molecule has 0 saturated carbocycles. The van der Waals surface area contributed by atoms with Gasteiger partial charge in [0.05, 0.1) is 4.92 Å². The lowest BCUT2D eigenvalue weighted by atomic mass is 10.2. The summed E-state index contributed by atoms with van der Waals surface area (Å²) >= 11 is 0. The topological polar surface area (TPSA) is 91.3 Å². The van der Waals surface area contributed by atoms with Crippen LogP contribution in [0, 0.1) is 17.0 Å². The number of anilines is 1. The van der Waals surface area contributed by atoms with Crippen LogP contribution in [0.5, 0.6) is 5.75 Å². The fourth-order valence-electron chi connectivity index (χ4n) is 1.57. The van der Waals surface area contributed by atoms with E-state index in [1.807, 2.05) is 0 Å². The van der Waals surface area contributed by atoms with Crippen LogP contribution in [0.2, 0.25) is 0 Å². The van der Waals surface area contributed by atoms with Gasteiger partial charge in [-0.2, -0.15) is 0 Å². The first-order valence-electron chi connectivity index (χ1n) is 5.64. The molecule has 19 heavy (non-hydrogen) atoms. The monoisotopic (exact) mass is 259 g/mol. The van der Waals surface area contributed by atoms with Gasteiger partial charge in [0.2, 0.25) is 0 Å². The van der Waals surface area contributed by atoms with E-state index < -0.39 is 4.92 Å². The number of hydrogen-bond donors (Lipinski definition) is 1. The Morgan fingerprint density at radius 3 is 2.79 bits per heavy atom. The van der Waals surface area contributed by atoms with Crippen LogP contribution >= 0.6 is 0 Å². The van der Waals surface area contributed by atoms with Crippen molar-refractivity contribution in [3.8, 4) is 5.75 Å². The van der Waals surface area contributed by atoms with Gasteiger partial charge >= 0.3 is 5.69 Å². The van der Waals surface area contributed by atoms with Crippen LogP contribution < -0.4 is 10.5 Å². The molecule has 6 nitrogen and oxygen atoms in total. The van der Waals surface area contributed by atoms with Gasteiger partial charge in [-0.05, 0) is 24.6 Å². The van der Waals surface area contributed by atoms with Crippen LogP contribution in [0.25, 0.3) is 0 Å². The van der Waals surface area contributed by atoms with Crippen LogP contribution in [-0.4, -0.2) is 9.91 Å². The first-order chi connectivity index (χ1) is 9.06. The normalized spacial score (nSPS) is 10.2. The van der Waals surface area contributed by atoms with Crippen molar-refractivity contribution < 1.29 is 9.66 Å². The number of nitrogens with zero attached hydrogens (tertiary/aromatic N) is 2. The molecule has 2 aromatic rings. The molecule has 1 aromatic heterocycles. The van der Waals surface area contributed by atoms with Gasteiger partial charge in [0.1, 0.15) is 12.4 Å². The smallest absolute Gasteiger partial charge is 0.311 e. The van der Waals surface area contributed by atoms with Crippen molar-refractivity contribution in [1.29, 1.82) is 0 Å². The predicted molar refractivity (Wildman–Crippen MR) is 70.8 cm³/mol. The molecule has 0 saturated heterocycles. The van der Waals surface area contributed by atoms with Crippen molar-refractivity contribution in [1.82, 2.24) is 4.98 Å². The van der Waals surface area contributed by atoms with Gasteiger partial charge in [0.25, 0.3) is 0 Å². The highest BCUT2D eigenvalue weighted by Crippen LogP contribution is 2.28. The number of rotatable bonds is 4. The van der Waals surface area contributed by atoms with Crippen molar-refractivity contribution in [2.75, 3.05) is 5.73 Å². The van der Waals surface area contributed by atoms with E-state index in [2.05, 4.69) is 4.98 Å². The number of nitrogen functional groups attached to an aromatic ring is 1. The number of benzene rings is 1. The molecule has 0 aliphatic heterocycles. The Kier molecular flexibility index (Phi) is 3.61. The van der Waals surface area contributed by atoms with E-state index in [4.69, 9.17) is 10.5 Å². The van der Waals surface area contributed by atoms with E-state index in [0.29, 0.717) is 5.82 Å². The molecule has 0 atom stereocenters. The number of pyridine rings is 1. The second-order valence-electron chi connectivity index (χ2n) is 4.11. The van der Waals surface area contributed by atoms with Crippen molar-refractivity contribution in [3.05, 3.63) is 57.8 Å². The molecule has 0 aliphatic carbocycles. The molecule has 2 N–H and O–H groups in total. The lowest BCUT2D eigenvalue weighted by Crippen LogP contribution is -2.00. The molecule has 0 amide bonds. The number of nitro benzene ring substituents is 1. The van der Waals surface area contributed by atoms with E-state index in [1.54, 1.807) is 37.4 Å². The number of nitrogens with two attached hydrogens (primary N) is 1. The van der Waals surface area contributed by atoms with Crippen LogP contribution in [0.15, 0.2) is 36.5 Å². The van der Waals surface area contributed by atoms with Gasteiger partial charge in [-0.15, -0.1) is 0 Å². The zero-order valence-electron chi connectivity index (χ0n) is 10.4. The van der Waals surface area contributed by atoms with E-state index >= 15 is 0 Å². The largest absolute Gasteiger partial charge is 0.482 e. The third-order valence-electron chi connectivity index (χ3n) is 2.55. The van der Waals surface area contributed by atoms with Crippen molar-refractivity contribution in [2.45, 2.75) is 13.5 Å². The van der Waals surface area contributed by atoms with Crippen molar-refractivity contribution >= 4 is 11.5 Å². The standard InChI is InChI=1S/C13H13N3O3/c1-9-2-4-12(11(6-9)16(17)18)19-8-10-3-5-13(14)15-7-10/h2-7H,8H2,1H3,(H2,14,15). The van der Waals surface area contributed by atoms with Crippen LogP contribution in [-0.2, 0) is 6.61 Å². The summed E-state index contributed by atoms with van der Waals surface area (Å²) in [6, 6.07) is 8.27. The maximum absolute atomic E-state index is 10.9. The van der Waals surface area contributed by atoms with Gasteiger partial charge in [-0.1, -0.05) is 12.1 Å². The molecular formula is C13H13N3O3. The van der Waals surface area contributed by atoms with E-state index in [-0.39, 0.29) is 18.0 Å². The number of hydrogen-bond acceptors (Lipinski definition) is 5. The second kappa shape index (κ2) is 5.34. The second-order valence-corrected chi connectivity index (χ2v) is 4.11. The Labute approximate surface area is 110 Å². The Balaban J connectivity index is 2.15. The molecular weight excluding hydrogens is 246 g/mol. The first-order valence-corrected chi connectivity index (χ1v) is 5.64. The highest BCUT2D eigenvalue weighted by Gasteiger charge is 2.15. The number of aromatic nitrogens is 1. The quantitative estimate of drug-likeness (QED) is 0.672.